The zero-order valence-electron chi connectivity index (χ0n) is 15.6. The number of aliphatic hydroxyl groups is 1. The Morgan fingerprint density at radius 3 is 2.62 bits per heavy atom. The predicted molar refractivity (Wildman–Crippen MR) is 104 cm³/mol. The van der Waals surface area contributed by atoms with Crippen LogP contribution in [0.25, 0.3) is 11.2 Å². The standard InChI is InChI=1S/C19H26N6O/c1-4-10-24(13-26)19-22-17(20-11-15-8-6-5-7-9-15)16-18(23-19)25(12-21-16)14(2)3/h5-9,12,14,26H,4,10-11,13H2,1-3H3,(H,20,22,23). The summed E-state index contributed by atoms with van der Waals surface area (Å²) in [5.41, 5.74) is 2.68. The molecule has 26 heavy (non-hydrogen) atoms. The Hall–Kier alpha value is -2.67. The van der Waals surface area contributed by atoms with Crippen LogP contribution in [0, 0.1) is 0 Å². The first kappa shape index (κ1) is 18.1. The highest BCUT2D eigenvalue weighted by molar-refractivity contribution is 5.84. The second-order valence-electron chi connectivity index (χ2n) is 6.53. The number of benzene rings is 1. The molecule has 3 rings (SSSR count). The Labute approximate surface area is 153 Å². The second kappa shape index (κ2) is 8.14. The van der Waals surface area contributed by atoms with Gasteiger partial charge in [-0.2, -0.15) is 9.97 Å². The largest absolute Gasteiger partial charge is 0.376 e. The first-order chi connectivity index (χ1) is 12.6. The van der Waals surface area contributed by atoms with Gasteiger partial charge in [0.15, 0.2) is 17.0 Å². The Morgan fingerprint density at radius 2 is 1.96 bits per heavy atom. The fourth-order valence-electron chi connectivity index (χ4n) is 2.83. The van der Waals surface area contributed by atoms with E-state index in [1.807, 2.05) is 22.8 Å². The third-order valence-electron chi connectivity index (χ3n) is 4.22. The van der Waals surface area contributed by atoms with Crippen molar-refractivity contribution in [3.05, 3.63) is 42.2 Å². The summed E-state index contributed by atoms with van der Waals surface area (Å²) in [5.74, 6) is 1.20. The van der Waals surface area contributed by atoms with Crippen LogP contribution in [0.1, 0.15) is 38.8 Å². The van der Waals surface area contributed by atoms with Gasteiger partial charge in [-0.1, -0.05) is 37.3 Å². The molecule has 0 saturated heterocycles. The molecule has 2 aromatic heterocycles. The molecule has 2 N–H and O–H groups in total. The average molecular weight is 354 g/mol. The molecule has 0 fully saturated rings. The van der Waals surface area contributed by atoms with Crippen LogP contribution in [-0.2, 0) is 6.54 Å². The molecular formula is C19H26N6O. The fraction of sp³-hybridized carbons (Fsp3) is 0.421. The van der Waals surface area contributed by atoms with Crippen LogP contribution in [0.3, 0.4) is 0 Å². The SMILES string of the molecule is CCCN(CO)c1nc(NCc2ccccc2)c2ncn(C(C)C)c2n1. The summed E-state index contributed by atoms with van der Waals surface area (Å²) in [6.45, 7) is 7.47. The molecule has 7 nitrogen and oxygen atoms in total. The van der Waals surface area contributed by atoms with Crippen molar-refractivity contribution in [2.45, 2.75) is 39.8 Å². The van der Waals surface area contributed by atoms with Gasteiger partial charge >= 0.3 is 0 Å². The molecule has 0 unspecified atom stereocenters. The van der Waals surface area contributed by atoms with Crippen molar-refractivity contribution in [1.29, 1.82) is 0 Å². The van der Waals surface area contributed by atoms with E-state index in [9.17, 15) is 5.11 Å². The second-order valence-corrected chi connectivity index (χ2v) is 6.53. The van der Waals surface area contributed by atoms with Crippen LogP contribution in [0.4, 0.5) is 11.8 Å². The van der Waals surface area contributed by atoms with Crippen LogP contribution in [0.2, 0.25) is 0 Å². The number of imidazole rings is 1. The molecule has 0 spiro atoms. The summed E-state index contributed by atoms with van der Waals surface area (Å²) in [4.78, 5) is 15.6. The van der Waals surface area contributed by atoms with Gasteiger partial charge < -0.3 is 19.9 Å². The first-order valence-corrected chi connectivity index (χ1v) is 9.02. The number of hydrogen-bond acceptors (Lipinski definition) is 6. The lowest BCUT2D eigenvalue weighted by Crippen LogP contribution is -2.27. The number of fused-ring (bicyclic) bond motifs is 1. The minimum atomic E-state index is -0.118. The third kappa shape index (κ3) is 3.77. The van der Waals surface area contributed by atoms with Crippen molar-refractivity contribution in [3.8, 4) is 0 Å². The zero-order chi connectivity index (χ0) is 18.5. The van der Waals surface area contributed by atoms with E-state index in [4.69, 9.17) is 0 Å². The minimum absolute atomic E-state index is 0.118. The van der Waals surface area contributed by atoms with Gasteiger partial charge in [-0.3, -0.25) is 0 Å². The number of hydrogen-bond donors (Lipinski definition) is 2. The van der Waals surface area contributed by atoms with Gasteiger partial charge in [0.25, 0.3) is 0 Å². The number of anilines is 2. The minimum Gasteiger partial charge on any atom is -0.376 e. The topological polar surface area (TPSA) is 79.1 Å². The molecule has 0 aliphatic heterocycles. The van der Waals surface area contributed by atoms with Gasteiger partial charge in [-0.15, -0.1) is 0 Å². The van der Waals surface area contributed by atoms with Crippen LogP contribution < -0.4 is 10.2 Å². The number of nitrogens with zero attached hydrogens (tertiary/aromatic N) is 5. The molecule has 0 radical (unpaired) electrons. The summed E-state index contributed by atoms with van der Waals surface area (Å²) in [5, 5.41) is 13.1. The lowest BCUT2D eigenvalue weighted by Gasteiger charge is -2.20. The maximum absolute atomic E-state index is 9.71. The van der Waals surface area contributed by atoms with Gasteiger partial charge in [-0.25, -0.2) is 4.98 Å². The summed E-state index contributed by atoms with van der Waals surface area (Å²) in [7, 11) is 0. The van der Waals surface area contributed by atoms with Gasteiger partial charge in [0, 0.05) is 19.1 Å². The quantitative estimate of drug-likeness (QED) is 0.605. The van der Waals surface area contributed by atoms with Crippen molar-refractivity contribution < 1.29 is 5.11 Å². The van der Waals surface area contributed by atoms with Gasteiger partial charge in [0.2, 0.25) is 5.95 Å². The molecule has 0 bridgehead atoms. The lowest BCUT2D eigenvalue weighted by atomic mass is 10.2. The lowest BCUT2D eigenvalue weighted by molar-refractivity contribution is 0.288. The van der Waals surface area contributed by atoms with Crippen LogP contribution in [0.5, 0.6) is 0 Å². The van der Waals surface area contributed by atoms with Crippen molar-refractivity contribution >= 4 is 22.9 Å². The molecule has 0 amide bonds. The Balaban J connectivity index is 2.01. The maximum Gasteiger partial charge on any atom is 0.231 e. The Bertz CT molecular complexity index is 846. The Kier molecular flexibility index (Phi) is 5.68. The van der Waals surface area contributed by atoms with Gasteiger partial charge in [0.1, 0.15) is 6.73 Å². The van der Waals surface area contributed by atoms with Gasteiger partial charge in [-0.05, 0) is 25.8 Å². The van der Waals surface area contributed by atoms with E-state index in [0.717, 1.165) is 23.1 Å². The summed E-state index contributed by atoms with van der Waals surface area (Å²) >= 11 is 0. The van der Waals surface area contributed by atoms with Crippen LogP contribution >= 0.6 is 0 Å². The molecule has 0 atom stereocenters. The van der Waals surface area contributed by atoms with Crippen molar-refractivity contribution in [2.75, 3.05) is 23.5 Å². The number of nitrogens with one attached hydrogen (secondary N) is 1. The van der Waals surface area contributed by atoms with E-state index >= 15 is 0 Å². The van der Waals surface area contributed by atoms with Gasteiger partial charge in [0.05, 0.1) is 6.33 Å². The maximum atomic E-state index is 9.71. The first-order valence-electron chi connectivity index (χ1n) is 9.02. The molecule has 7 heteroatoms. The van der Waals surface area contributed by atoms with E-state index < -0.39 is 0 Å². The third-order valence-corrected chi connectivity index (χ3v) is 4.22. The highest BCUT2D eigenvalue weighted by Crippen LogP contribution is 2.25. The fourth-order valence-corrected chi connectivity index (χ4v) is 2.83. The molecular weight excluding hydrogens is 328 g/mol. The average Bonchev–Trinajstić information content (AvgIpc) is 3.09. The van der Waals surface area contributed by atoms with Crippen molar-refractivity contribution in [3.63, 3.8) is 0 Å². The molecule has 2 heterocycles. The van der Waals surface area contributed by atoms with E-state index in [1.165, 1.54) is 0 Å². The predicted octanol–water partition coefficient (Wildman–Crippen LogP) is 3.19. The molecule has 1 aromatic carbocycles. The smallest absolute Gasteiger partial charge is 0.231 e. The number of rotatable bonds is 8. The van der Waals surface area contributed by atoms with Crippen molar-refractivity contribution in [1.82, 2.24) is 19.5 Å². The van der Waals surface area contributed by atoms with Crippen LogP contribution in [-0.4, -0.2) is 37.9 Å². The Morgan fingerprint density at radius 1 is 1.19 bits per heavy atom. The molecule has 138 valence electrons. The van der Waals surface area contributed by atoms with E-state index in [2.05, 4.69) is 53.2 Å². The van der Waals surface area contributed by atoms with Crippen molar-refractivity contribution in [2.24, 2.45) is 0 Å². The normalized spacial score (nSPS) is 11.3. The molecule has 0 saturated carbocycles. The highest BCUT2D eigenvalue weighted by Gasteiger charge is 2.17. The summed E-state index contributed by atoms with van der Waals surface area (Å²) < 4.78 is 2.02. The molecule has 0 aliphatic carbocycles. The summed E-state index contributed by atoms with van der Waals surface area (Å²) in [6.07, 6.45) is 2.70. The number of aliphatic hydroxyl groups excluding tert-OH is 1. The molecule has 0 aliphatic rings. The molecule has 3 aromatic rings. The number of aromatic nitrogens is 4. The van der Waals surface area contributed by atoms with E-state index in [0.29, 0.717) is 24.9 Å². The highest BCUT2D eigenvalue weighted by atomic mass is 16.3. The monoisotopic (exact) mass is 354 g/mol. The zero-order valence-corrected chi connectivity index (χ0v) is 15.6. The van der Waals surface area contributed by atoms with E-state index in [1.54, 1.807) is 11.2 Å². The van der Waals surface area contributed by atoms with E-state index in [-0.39, 0.29) is 12.8 Å². The summed E-state index contributed by atoms with van der Waals surface area (Å²) in [6, 6.07) is 10.4. The van der Waals surface area contributed by atoms with Crippen LogP contribution in [0.15, 0.2) is 36.7 Å².